The lowest BCUT2D eigenvalue weighted by atomic mass is 10.1. The van der Waals surface area contributed by atoms with E-state index in [0.29, 0.717) is 39.9 Å². The Labute approximate surface area is 163 Å². The lowest BCUT2D eigenvalue weighted by Gasteiger charge is -2.20. The number of nitrogens with one attached hydrogen (secondary N) is 1. The largest absolute Gasteiger partial charge is 0.339 e. The molecule has 0 saturated carbocycles. The van der Waals surface area contributed by atoms with Crippen LogP contribution in [0, 0.1) is 0 Å². The number of para-hydroxylation sites is 1. The second kappa shape index (κ2) is 9.41. The molecule has 0 spiro atoms. The average molecular weight is 391 g/mol. The molecule has 0 atom stereocenters. The molecule has 0 heterocycles. The smallest absolute Gasteiger partial charge is 0.255 e. The molecule has 0 aliphatic carbocycles. The van der Waals surface area contributed by atoms with E-state index in [0.717, 1.165) is 0 Å². The van der Waals surface area contributed by atoms with E-state index in [2.05, 4.69) is 5.32 Å². The Morgan fingerprint density at radius 3 is 2.42 bits per heavy atom. The predicted octanol–water partition coefficient (Wildman–Crippen LogP) is 5.13. The first-order valence-electron chi connectivity index (χ1n) is 8.28. The summed E-state index contributed by atoms with van der Waals surface area (Å²) in [6.45, 7) is 5.04. The number of benzene rings is 2. The van der Waals surface area contributed by atoms with Crippen LogP contribution in [0.15, 0.2) is 48.5 Å². The van der Waals surface area contributed by atoms with E-state index >= 15 is 0 Å². The lowest BCUT2D eigenvalue weighted by molar-refractivity contribution is -0.111. The van der Waals surface area contributed by atoms with E-state index in [1.807, 2.05) is 13.8 Å². The van der Waals surface area contributed by atoms with Crippen LogP contribution in [0.1, 0.15) is 29.8 Å². The van der Waals surface area contributed by atoms with Gasteiger partial charge in [-0.3, -0.25) is 9.59 Å². The van der Waals surface area contributed by atoms with E-state index in [-0.39, 0.29) is 11.8 Å². The average Bonchev–Trinajstić information content (AvgIpc) is 2.62. The van der Waals surface area contributed by atoms with Crippen LogP contribution >= 0.6 is 23.2 Å². The second-order valence-electron chi connectivity index (χ2n) is 5.51. The lowest BCUT2D eigenvalue weighted by Crippen LogP contribution is -2.31. The van der Waals surface area contributed by atoms with Crippen LogP contribution < -0.4 is 5.32 Å². The van der Waals surface area contributed by atoms with Crippen LogP contribution in [-0.2, 0) is 4.79 Å². The van der Waals surface area contributed by atoms with Crippen molar-refractivity contribution in [3.8, 4) is 0 Å². The van der Waals surface area contributed by atoms with Crippen LogP contribution in [-0.4, -0.2) is 29.8 Å². The molecule has 2 amide bonds. The minimum atomic E-state index is -0.351. The maximum absolute atomic E-state index is 12.6. The van der Waals surface area contributed by atoms with Gasteiger partial charge in [0.15, 0.2) is 0 Å². The molecule has 4 nitrogen and oxygen atoms in total. The Hall–Kier alpha value is -2.30. The normalized spacial score (nSPS) is 10.8. The highest BCUT2D eigenvalue weighted by Gasteiger charge is 2.16. The zero-order chi connectivity index (χ0) is 19.1. The molecule has 26 heavy (non-hydrogen) atoms. The van der Waals surface area contributed by atoms with Gasteiger partial charge in [-0.2, -0.15) is 0 Å². The molecular weight excluding hydrogens is 371 g/mol. The summed E-state index contributed by atoms with van der Waals surface area (Å²) < 4.78 is 0. The fourth-order valence-corrected chi connectivity index (χ4v) is 2.91. The quantitative estimate of drug-likeness (QED) is 0.695. The molecule has 6 heteroatoms. The van der Waals surface area contributed by atoms with Gasteiger partial charge in [0.05, 0.1) is 11.3 Å². The number of halogens is 2. The standard InChI is InChI=1S/C20H20Cl2N2O2/c1-3-24(4-2)20(26)16-7-5-6-8-18(16)23-19(25)12-10-14-9-11-15(21)13-17(14)22/h5-13H,3-4H2,1-2H3,(H,23,25)/b12-10+. The Morgan fingerprint density at radius 1 is 1.08 bits per heavy atom. The summed E-state index contributed by atoms with van der Waals surface area (Å²) in [4.78, 5) is 26.6. The van der Waals surface area contributed by atoms with Crippen LogP contribution in [0.3, 0.4) is 0 Å². The van der Waals surface area contributed by atoms with Crippen LogP contribution in [0.5, 0.6) is 0 Å². The molecular formula is C20H20Cl2N2O2. The van der Waals surface area contributed by atoms with Gasteiger partial charge >= 0.3 is 0 Å². The second-order valence-corrected chi connectivity index (χ2v) is 6.36. The van der Waals surface area contributed by atoms with Gasteiger partial charge in [0.1, 0.15) is 0 Å². The first kappa shape index (κ1) is 20.0. The molecule has 2 aromatic carbocycles. The number of amides is 2. The van der Waals surface area contributed by atoms with Gasteiger partial charge in [0.25, 0.3) is 5.91 Å². The van der Waals surface area contributed by atoms with E-state index in [1.165, 1.54) is 6.08 Å². The maximum atomic E-state index is 12.6. The van der Waals surface area contributed by atoms with Crippen molar-refractivity contribution in [1.82, 2.24) is 4.90 Å². The molecule has 1 N–H and O–H groups in total. The van der Waals surface area contributed by atoms with Crippen molar-refractivity contribution in [3.63, 3.8) is 0 Å². The van der Waals surface area contributed by atoms with Crippen LogP contribution in [0.4, 0.5) is 5.69 Å². The molecule has 0 unspecified atom stereocenters. The SMILES string of the molecule is CCN(CC)C(=O)c1ccccc1NC(=O)/C=C/c1ccc(Cl)cc1Cl. The molecule has 2 rings (SSSR count). The van der Waals surface area contributed by atoms with E-state index in [4.69, 9.17) is 23.2 Å². The zero-order valence-corrected chi connectivity index (χ0v) is 16.1. The van der Waals surface area contributed by atoms with Gasteiger partial charge in [0.2, 0.25) is 5.91 Å². The summed E-state index contributed by atoms with van der Waals surface area (Å²) >= 11 is 11.9. The summed E-state index contributed by atoms with van der Waals surface area (Å²) in [6.07, 6.45) is 2.97. The third-order valence-corrected chi connectivity index (χ3v) is 4.41. The summed E-state index contributed by atoms with van der Waals surface area (Å²) in [5.41, 5.74) is 1.61. The fraction of sp³-hybridized carbons (Fsp3) is 0.200. The van der Waals surface area contributed by atoms with E-state index < -0.39 is 0 Å². The highest BCUT2D eigenvalue weighted by Crippen LogP contribution is 2.22. The third-order valence-electron chi connectivity index (χ3n) is 3.84. The number of rotatable bonds is 6. The molecule has 0 bridgehead atoms. The number of carbonyl (C=O) groups excluding carboxylic acids is 2. The minimum Gasteiger partial charge on any atom is -0.339 e. The summed E-state index contributed by atoms with van der Waals surface area (Å²) in [7, 11) is 0. The minimum absolute atomic E-state index is 0.115. The Bertz CT molecular complexity index is 830. The fourth-order valence-electron chi connectivity index (χ4n) is 2.44. The van der Waals surface area contributed by atoms with E-state index in [9.17, 15) is 9.59 Å². The summed E-state index contributed by atoms with van der Waals surface area (Å²) in [5.74, 6) is -0.466. The Morgan fingerprint density at radius 2 is 1.77 bits per heavy atom. The molecule has 0 fully saturated rings. The van der Waals surface area contributed by atoms with Crippen molar-refractivity contribution < 1.29 is 9.59 Å². The van der Waals surface area contributed by atoms with Gasteiger partial charge in [-0.15, -0.1) is 0 Å². The molecule has 0 radical (unpaired) electrons. The predicted molar refractivity (Wildman–Crippen MR) is 108 cm³/mol. The number of nitrogens with zero attached hydrogens (tertiary/aromatic N) is 1. The van der Waals surface area contributed by atoms with Crippen LogP contribution in [0.25, 0.3) is 6.08 Å². The molecule has 0 aromatic heterocycles. The number of hydrogen-bond acceptors (Lipinski definition) is 2. The topological polar surface area (TPSA) is 49.4 Å². The zero-order valence-electron chi connectivity index (χ0n) is 14.6. The van der Waals surface area contributed by atoms with Crippen molar-refractivity contribution in [2.24, 2.45) is 0 Å². The highest BCUT2D eigenvalue weighted by molar-refractivity contribution is 6.35. The molecule has 0 saturated heterocycles. The monoisotopic (exact) mass is 390 g/mol. The highest BCUT2D eigenvalue weighted by atomic mass is 35.5. The Balaban J connectivity index is 2.17. The first-order chi connectivity index (χ1) is 12.5. The van der Waals surface area contributed by atoms with E-state index in [1.54, 1.807) is 53.4 Å². The van der Waals surface area contributed by atoms with Gasteiger partial charge in [-0.1, -0.05) is 41.4 Å². The summed E-state index contributed by atoms with van der Waals surface area (Å²) in [6, 6.07) is 12.0. The number of anilines is 1. The third kappa shape index (κ3) is 5.10. The van der Waals surface area contributed by atoms with Gasteiger partial charge in [-0.05, 0) is 49.8 Å². The van der Waals surface area contributed by atoms with Crippen molar-refractivity contribution in [2.75, 3.05) is 18.4 Å². The van der Waals surface area contributed by atoms with Crippen LogP contribution in [0.2, 0.25) is 10.0 Å². The van der Waals surface area contributed by atoms with Gasteiger partial charge in [0, 0.05) is 29.2 Å². The van der Waals surface area contributed by atoms with Crippen molar-refractivity contribution >= 4 is 46.8 Å². The number of carbonyl (C=O) groups is 2. The molecule has 0 aliphatic rings. The maximum Gasteiger partial charge on any atom is 0.255 e. The van der Waals surface area contributed by atoms with Gasteiger partial charge in [-0.25, -0.2) is 0 Å². The van der Waals surface area contributed by atoms with Gasteiger partial charge < -0.3 is 10.2 Å². The molecule has 0 aliphatic heterocycles. The summed E-state index contributed by atoms with van der Waals surface area (Å²) in [5, 5.41) is 3.74. The van der Waals surface area contributed by atoms with Crippen molar-refractivity contribution in [2.45, 2.75) is 13.8 Å². The number of hydrogen-bond donors (Lipinski definition) is 1. The van der Waals surface area contributed by atoms with Crippen molar-refractivity contribution in [3.05, 3.63) is 69.7 Å². The Kier molecular flexibility index (Phi) is 7.25. The van der Waals surface area contributed by atoms with Crippen molar-refractivity contribution in [1.29, 1.82) is 0 Å². The molecule has 2 aromatic rings. The first-order valence-corrected chi connectivity index (χ1v) is 9.04. The molecule has 136 valence electrons.